The number of hydrogen-bond acceptors (Lipinski definition) is 2. The van der Waals surface area contributed by atoms with Crippen molar-refractivity contribution in [2.45, 2.75) is 104 Å². The van der Waals surface area contributed by atoms with E-state index in [9.17, 15) is 0 Å². The molecule has 0 aliphatic carbocycles. The van der Waals surface area contributed by atoms with E-state index in [0.29, 0.717) is 0 Å². The van der Waals surface area contributed by atoms with Gasteiger partial charge in [0.15, 0.2) is 0 Å². The van der Waals surface area contributed by atoms with E-state index < -0.39 is 5.97 Å². The molecule has 1 aliphatic rings. The van der Waals surface area contributed by atoms with Crippen molar-refractivity contribution in [3.8, 4) is 0 Å². The summed E-state index contributed by atoms with van der Waals surface area (Å²) in [5.74, 6) is -1.08. The van der Waals surface area contributed by atoms with Crippen LogP contribution in [0.4, 0.5) is 0 Å². The Labute approximate surface area is 138 Å². The first-order valence-corrected chi connectivity index (χ1v) is 9.60. The number of carbonyl (C=O) groups is 1. The average Bonchev–Trinajstić information content (AvgIpc) is 2.86. The zero-order valence-electron chi connectivity index (χ0n) is 15.3. The second-order valence-corrected chi connectivity index (χ2v) is 6.88. The van der Waals surface area contributed by atoms with E-state index in [1.165, 1.54) is 90.1 Å². The first-order chi connectivity index (χ1) is 10.6. The van der Waals surface area contributed by atoms with Crippen molar-refractivity contribution >= 4 is 5.97 Å². The van der Waals surface area contributed by atoms with Gasteiger partial charge in [0.05, 0.1) is 19.1 Å². The lowest BCUT2D eigenvalue weighted by atomic mass is 10.1. The lowest BCUT2D eigenvalue weighted by Crippen LogP contribution is -3.13. The highest BCUT2D eigenvalue weighted by Gasteiger charge is 2.22. The fourth-order valence-electron chi connectivity index (χ4n) is 3.30. The van der Waals surface area contributed by atoms with Gasteiger partial charge in [0, 0.05) is 18.8 Å². The number of likely N-dealkylation sites (tertiary alicyclic amines) is 1. The third kappa shape index (κ3) is 14.4. The summed E-state index contributed by atoms with van der Waals surface area (Å²) in [6.07, 6.45) is 17.6. The number of rotatable bonds is 11. The monoisotopic (exact) mass is 313 g/mol. The molecular formula is C19H39NO2. The van der Waals surface area contributed by atoms with Gasteiger partial charge < -0.3 is 14.8 Å². The van der Waals surface area contributed by atoms with Crippen LogP contribution >= 0.6 is 0 Å². The molecule has 132 valence electrons. The smallest absolute Gasteiger partial charge is 0.0848 e. The molecule has 2 atom stereocenters. The fourth-order valence-corrected chi connectivity index (χ4v) is 3.30. The fraction of sp³-hybridized carbons (Fsp3) is 0.947. The van der Waals surface area contributed by atoms with E-state index in [1.54, 1.807) is 0 Å². The molecule has 0 radical (unpaired) electrons. The van der Waals surface area contributed by atoms with Crippen molar-refractivity contribution in [2.24, 2.45) is 0 Å². The maximum absolute atomic E-state index is 8.89. The molecule has 0 amide bonds. The standard InChI is InChI=1S/C17H35N.C2H4O2/c1-3-4-5-6-7-8-9-10-11-12-15-18-16-13-14-17(18)2;1-2(3)4/h17H,3-16H2,1-2H3;1H3,(H,3,4). The number of hydrogen-bond donors (Lipinski definition) is 1. The third-order valence-corrected chi connectivity index (χ3v) is 4.68. The summed E-state index contributed by atoms with van der Waals surface area (Å²) in [4.78, 5) is 10.8. The third-order valence-electron chi connectivity index (χ3n) is 4.68. The Morgan fingerprint density at radius 2 is 1.45 bits per heavy atom. The molecule has 1 fully saturated rings. The van der Waals surface area contributed by atoms with Crippen LogP contribution in [-0.4, -0.2) is 25.1 Å². The van der Waals surface area contributed by atoms with E-state index in [2.05, 4.69) is 13.8 Å². The van der Waals surface area contributed by atoms with Crippen molar-refractivity contribution in [3.63, 3.8) is 0 Å². The van der Waals surface area contributed by atoms with E-state index in [1.807, 2.05) is 4.90 Å². The van der Waals surface area contributed by atoms with Gasteiger partial charge in [-0.2, -0.15) is 0 Å². The Kier molecular flexibility index (Phi) is 14.9. The molecule has 0 saturated carbocycles. The van der Waals surface area contributed by atoms with Gasteiger partial charge in [0.2, 0.25) is 0 Å². The molecule has 1 heterocycles. The lowest BCUT2D eigenvalue weighted by molar-refractivity contribution is -0.910. The van der Waals surface area contributed by atoms with Crippen LogP contribution in [0.1, 0.15) is 97.8 Å². The summed E-state index contributed by atoms with van der Waals surface area (Å²) in [6.45, 7) is 8.58. The summed E-state index contributed by atoms with van der Waals surface area (Å²) in [5.41, 5.74) is 0. The number of carbonyl (C=O) groups excluding carboxylic acids is 1. The summed E-state index contributed by atoms with van der Waals surface area (Å²) >= 11 is 0. The predicted molar refractivity (Wildman–Crippen MR) is 91.9 cm³/mol. The van der Waals surface area contributed by atoms with E-state index in [4.69, 9.17) is 9.90 Å². The largest absolute Gasteiger partial charge is 0.550 e. The Balaban J connectivity index is 0.000000980. The molecule has 1 N–H and O–H groups in total. The Hall–Kier alpha value is -0.570. The normalized spacial score (nSPS) is 20.5. The number of unbranched alkanes of at least 4 members (excludes halogenated alkanes) is 9. The van der Waals surface area contributed by atoms with Gasteiger partial charge in [-0.15, -0.1) is 0 Å². The van der Waals surface area contributed by atoms with Crippen LogP contribution < -0.4 is 10.0 Å². The minimum absolute atomic E-state index is 0.948. The summed E-state index contributed by atoms with van der Waals surface area (Å²) in [6, 6.07) is 0.948. The number of nitrogens with one attached hydrogen (secondary N) is 1. The van der Waals surface area contributed by atoms with Gasteiger partial charge in [-0.3, -0.25) is 0 Å². The van der Waals surface area contributed by atoms with Gasteiger partial charge in [-0.1, -0.05) is 58.3 Å². The van der Waals surface area contributed by atoms with E-state index >= 15 is 0 Å². The van der Waals surface area contributed by atoms with Crippen molar-refractivity contribution in [3.05, 3.63) is 0 Å². The van der Waals surface area contributed by atoms with Gasteiger partial charge in [-0.25, -0.2) is 0 Å². The number of carboxylic acids is 1. The first-order valence-electron chi connectivity index (χ1n) is 9.60. The van der Waals surface area contributed by atoms with Gasteiger partial charge >= 0.3 is 0 Å². The van der Waals surface area contributed by atoms with Crippen LogP contribution in [0.15, 0.2) is 0 Å². The topological polar surface area (TPSA) is 44.6 Å². The molecule has 2 unspecified atom stereocenters. The molecule has 0 aromatic heterocycles. The minimum atomic E-state index is -1.08. The van der Waals surface area contributed by atoms with Gasteiger partial charge in [-0.05, 0) is 26.7 Å². The zero-order chi connectivity index (χ0) is 16.6. The first kappa shape index (κ1) is 21.4. The van der Waals surface area contributed by atoms with Gasteiger partial charge in [0.25, 0.3) is 0 Å². The Morgan fingerprint density at radius 1 is 1.00 bits per heavy atom. The summed E-state index contributed by atoms with van der Waals surface area (Å²) < 4.78 is 0. The summed E-state index contributed by atoms with van der Waals surface area (Å²) in [7, 11) is 0. The molecule has 0 aromatic carbocycles. The van der Waals surface area contributed by atoms with Crippen molar-refractivity contribution < 1.29 is 14.8 Å². The quantitative estimate of drug-likeness (QED) is 0.596. The highest BCUT2D eigenvalue weighted by Crippen LogP contribution is 2.10. The van der Waals surface area contributed by atoms with Crippen LogP contribution in [-0.2, 0) is 4.79 Å². The van der Waals surface area contributed by atoms with E-state index in [-0.39, 0.29) is 0 Å². The number of carboxylic acid groups (broad SMARTS) is 1. The predicted octanol–water partition coefficient (Wildman–Crippen LogP) is 2.73. The van der Waals surface area contributed by atoms with Crippen LogP contribution in [0, 0.1) is 0 Å². The number of quaternary nitrogens is 1. The highest BCUT2D eigenvalue weighted by molar-refractivity contribution is 5.60. The van der Waals surface area contributed by atoms with Crippen LogP contribution in [0.25, 0.3) is 0 Å². The van der Waals surface area contributed by atoms with E-state index in [0.717, 1.165) is 13.0 Å². The molecule has 1 saturated heterocycles. The summed E-state index contributed by atoms with van der Waals surface area (Å²) in [5, 5.41) is 8.89. The molecule has 3 nitrogen and oxygen atoms in total. The molecule has 22 heavy (non-hydrogen) atoms. The maximum atomic E-state index is 8.89. The molecular weight excluding hydrogens is 274 g/mol. The van der Waals surface area contributed by atoms with Gasteiger partial charge in [0.1, 0.15) is 0 Å². The average molecular weight is 314 g/mol. The second kappa shape index (κ2) is 15.3. The lowest BCUT2D eigenvalue weighted by Gasteiger charge is -2.17. The van der Waals surface area contributed by atoms with Crippen LogP contribution in [0.3, 0.4) is 0 Å². The Bertz CT molecular complexity index is 252. The second-order valence-electron chi connectivity index (χ2n) is 6.88. The molecule has 3 heteroatoms. The maximum Gasteiger partial charge on any atom is 0.0848 e. The molecule has 0 spiro atoms. The SMILES string of the molecule is CC(=O)[O-].CCCCCCCCCCCC[NH+]1CCCC1C. The molecule has 1 rings (SSSR count). The Morgan fingerprint density at radius 3 is 1.86 bits per heavy atom. The zero-order valence-corrected chi connectivity index (χ0v) is 15.3. The van der Waals surface area contributed by atoms with Crippen LogP contribution in [0.2, 0.25) is 0 Å². The minimum Gasteiger partial charge on any atom is -0.550 e. The molecule has 0 bridgehead atoms. The van der Waals surface area contributed by atoms with Crippen LogP contribution in [0.5, 0.6) is 0 Å². The van der Waals surface area contributed by atoms with Crippen molar-refractivity contribution in [1.29, 1.82) is 0 Å². The molecule has 0 aromatic rings. The van der Waals surface area contributed by atoms with Crippen molar-refractivity contribution in [2.75, 3.05) is 13.1 Å². The molecule has 1 aliphatic heterocycles. The highest BCUT2D eigenvalue weighted by atomic mass is 16.4. The number of aliphatic carboxylic acids is 1. The van der Waals surface area contributed by atoms with Crippen molar-refractivity contribution in [1.82, 2.24) is 0 Å².